The summed E-state index contributed by atoms with van der Waals surface area (Å²) in [6.45, 7) is 3.67. The minimum absolute atomic E-state index is 0.00367. The van der Waals surface area contributed by atoms with Crippen molar-refractivity contribution in [3.8, 4) is 0 Å². The standard InChI is InChI=1S/C17H20FNO2/c1-2-10-19-11-9-16(20)17-8-7-15(21-17)12-13-3-5-14(18)6-4-13/h3-8,19H,2,9-12H2,1H3. The summed E-state index contributed by atoms with van der Waals surface area (Å²) in [4.78, 5) is 11.9. The molecule has 0 amide bonds. The van der Waals surface area contributed by atoms with E-state index in [0.717, 1.165) is 18.5 Å². The molecule has 0 aliphatic heterocycles. The molecule has 0 fully saturated rings. The Bertz CT molecular complexity index is 575. The number of Topliss-reactive ketones (excluding diaryl/α,β-unsaturated/α-hetero) is 1. The smallest absolute Gasteiger partial charge is 0.199 e. The zero-order valence-corrected chi connectivity index (χ0v) is 12.2. The van der Waals surface area contributed by atoms with Crippen LogP contribution in [0.2, 0.25) is 0 Å². The highest BCUT2D eigenvalue weighted by Gasteiger charge is 2.11. The summed E-state index contributed by atoms with van der Waals surface area (Å²) in [6.07, 6.45) is 2.04. The van der Waals surface area contributed by atoms with Crippen LogP contribution in [0.1, 0.15) is 41.6 Å². The molecule has 1 heterocycles. The Morgan fingerprint density at radius 1 is 1.14 bits per heavy atom. The molecule has 21 heavy (non-hydrogen) atoms. The Morgan fingerprint density at radius 3 is 2.62 bits per heavy atom. The van der Waals surface area contributed by atoms with Crippen molar-refractivity contribution in [1.29, 1.82) is 0 Å². The van der Waals surface area contributed by atoms with Gasteiger partial charge in [-0.2, -0.15) is 0 Å². The number of furan rings is 1. The maximum atomic E-state index is 12.8. The first-order valence-corrected chi connectivity index (χ1v) is 7.26. The molecule has 0 atom stereocenters. The second-order valence-electron chi connectivity index (χ2n) is 4.99. The average molecular weight is 289 g/mol. The SMILES string of the molecule is CCCNCCC(=O)c1ccc(Cc2ccc(F)cc2)o1. The van der Waals surface area contributed by atoms with E-state index in [-0.39, 0.29) is 11.6 Å². The number of nitrogens with one attached hydrogen (secondary N) is 1. The number of ketones is 1. The van der Waals surface area contributed by atoms with Gasteiger partial charge < -0.3 is 9.73 Å². The molecule has 112 valence electrons. The quantitative estimate of drug-likeness (QED) is 0.596. The third-order valence-corrected chi connectivity index (χ3v) is 3.18. The number of carbonyl (C=O) groups excluding carboxylic acids is 1. The summed E-state index contributed by atoms with van der Waals surface area (Å²) >= 11 is 0. The summed E-state index contributed by atoms with van der Waals surface area (Å²) in [5, 5.41) is 3.19. The second-order valence-corrected chi connectivity index (χ2v) is 4.99. The van der Waals surface area contributed by atoms with Crippen LogP contribution in [0.5, 0.6) is 0 Å². The minimum atomic E-state index is -0.256. The van der Waals surface area contributed by atoms with Gasteiger partial charge in [-0.25, -0.2) is 4.39 Å². The van der Waals surface area contributed by atoms with Crippen LogP contribution < -0.4 is 5.32 Å². The third kappa shape index (κ3) is 4.83. The number of benzene rings is 1. The normalized spacial score (nSPS) is 10.8. The Balaban J connectivity index is 1.88. The molecule has 0 bridgehead atoms. The molecule has 0 saturated carbocycles. The Labute approximate surface area is 124 Å². The highest BCUT2D eigenvalue weighted by molar-refractivity contribution is 5.93. The average Bonchev–Trinajstić information content (AvgIpc) is 2.94. The molecule has 0 radical (unpaired) electrons. The number of rotatable bonds is 8. The number of hydrogen-bond acceptors (Lipinski definition) is 3. The van der Waals surface area contributed by atoms with Gasteiger partial charge in [-0.15, -0.1) is 0 Å². The predicted molar refractivity (Wildman–Crippen MR) is 80.0 cm³/mol. The fourth-order valence-corrected chi connectivity index (χ4v) is 2.05. The molecule has 1 N–H and O–H groups in total. The van der Waals surface area contributed by atoms with Crippen molar-refractivity contribution in [2.75, 3.05) is 13.1 Å². The van der Waals surface area contributed by atoms with Gasteiger partial charge in [-0.3, -0.25) is 4.79 Å². The zero-order valence-electron chi connectivity index (χ0n) is 12.2. The van der Waals surface area contributed by atoms with Gasteiger partial charge in [0.25, 0.3) is 0 Å². The van der Waals surface area contributed by atoms with Gasteiger partial charge >= 0.3 is 0 Å². The highest BCUT2D eigenvalue weighted by atomic mass is 19.1. The van der Waals surface area contributed by atoms with E-state index >= 15 is 0 Å². The lowest BCUT2D eigenvalue weighted by Crippen LogP contribution is -2.18. The lowest BCUT2D eigenvalue weighted by atomic mass is 10.1. The van der Waals surface area contributed by atoms with Crippen molar-refractivity contribution in [3.63, 3.8) is 0 Å². The molecule has 0 aliphatic carbocycles. The molecule has 1 aromatic carbocycles. The summed E-state index contributed by atoms with van der Waals surface area (Å²) < 4.78 is 18.4. The van der Waals surface area contributed by atoms with Gasteiger partial charge in [0.15, 0.2) is 11.5 Å². The zero-order chi connectivity index (χ0) is 15.1. The summed E-state index contributed by atoms with van der Waals surface area (Å²) in [7, 11) is 0. The van der Waals surface area contributed by atoms with Crippen LogP contribution in [0, 0.1) is 5.82 Å². The van der Waals surface area contributed by atoms with Crippen molar-refractivity contribution >= 4 is 5.78 Å². The fraction of sp³-hybridized carbons (Fsp3) is 0.353. The van der Waals surface area contributed by atoms with E-state index in [1.807, 2.05) is 0 Å². The van der Waals surface area contributed by atoms with E-state index in [1.165, 1.54) is 12.1 Å². The third-order valence-electron chi connectivity index (χ3n) is 3.18. The lowest BCUT2D eigenvalue weighted by Gasteiger charge is -2.01. The van der Waals surface area contributed by atoms with E-state index < -0.39 is 0 Å². The van der Waals surface area contributed by atoms with Gasteiger partial charge in [0.2, 0.25) is 0 Å². The number of carbonyl (C=O) groups is 1. The van der Waals surface area contributed by atoms with Crippen LogP contribution in [0.25, 0.3) is 0 Å². The molecule has 2 aromatic rings. The van der Waals surface area contributed by atoms with Gasteiger partial charge in [-0.1, -0.05) is 19.1 Å². The van der Waals surface area contributed by atoms with Crippen molar-refractivity contribution < 1.29 is 13.6 Å². The van der Waals surface area contributed by atoms with Crippen LogP contribution in [0.3, 0.4) is 0 Å². The molecule has 0 saturated heterocycles. The predicted octanol–water partition coefficient (Wildman–Crippen LogP) is 3.58. The molecule has 2 rings (SSSR count). The van der Waals surface area contributed by atoms with Gasteiger partial charge in [0.1, 0.15) is 11.6 Å². The highest BCUT2D eigenvalue weighted by Crippen LogP contribution is 2.15. The van der Waals surface area contributed by atoms with E-state index in [2.05, 4.69) is 12.2 Å². The maximum absolute atomic E-state index is 12.8. The Kier molecular flexibility index (Phi) is 5.69. The van der Waals surface area contributed by atoms with E-state index in [0.29, 0.717) is 30.9 Å². The van der Waals surface area contributed by atoms with Crippen molar-refractivity contribution in [2.24, 2.45) is 0 Å². The van der Waals surface area contributed by atoms with Gasteiger partial charge in [-0.05, 0) is 42.8 Å². The number of hydrogen-bond donors (Lipinski definition) is 1. The molecular formula is C17H20FNO2. The van der Waals surface area contributed by atoms with E-state index in [9.17, 15) is 9.18 Å². The molecule has 0 unspecified atom stereocenters. The van der Waals surface area contributed by atoms with Crippen LogP contribution in [-0.4, -0.2) is 18.9 Å². The minimum Gasteiger partial charge on any atom is -0.458 e. The molecular weight excluding hydrogens is 269 g/mol. The molecule has 0 aliphatic rings. The first kappa shape index (κ1) is 15.4. The fourth-order valence-electron chi connectivity index (χ4n) is 2.05. The molecule has 3 nitrogen and oxygen atoms in total. The summed E-state index contributed by atoms with van der Waals surface area (Å²) in [6, 6.07) is 9.78. The molecule has 1 aromatic heterocycles. The van der Waals surface area contributed by atoms with Crippen molar-refractivity contribution in [3.05, 3.63) is 59.3 Å². The summed E-state index contributed by atoms with van der Waals surface area (Å²) in [5.41, 5.74) is 0.953. The number of halogens is 1. The van der Waals surface area contributed by atoms with Gasteiger partial charge in [0, 0.05) is 19.4 Å². The van der Waals surface area contributed by atoms with Crippen LogP contribution in [0.15, 0.2) is 40.8 Å². The molecule has 4 heteroatoms. The van der Waals surface area contributed by atoms with Gasteiger partial charge in [0.05, 0.1) is 0 Å². The lowest BCUT2D eigenvalue weighted by molar-refractivity contribution is 0.0954. The maximum Gasteiger partial charge on any atom is 0.199 e. The topological polar surface area (TPSA) is 42.2 Å². The largest absolute Gasteiger partial charge is 0.458 e. The summed E-state index contributed by atoms with van der Waals surface area (Å²) in [5.74, 6) is 0.856. The van der Waals surface area contributed by atoms with Crippen molar-refractivity contribution in [1.82, 2.24) is 5.32 Å². The van der Waals surface area contributed by atoms with Crippen LogP contribution in [0.4, 0.5) is 4.39 Å². The Hall–Kier alpha value is -1.94. The first-order valence-electron chi connectivity index (χ1n) is 7.26. The van der Waals surface area contributed by atoms with Crippen molar-refractivity contribution in [2.45, 2.75) is 26.2 Å². The monoisotopic (exact) mass is 289 g/mol. The Morgan fingerprint density at radius 2 is 1.90 bits per heavy atom. The van der Waals surface area contributed by atoms with Crippen LogP contribution in [-0.2, 0) is 6.42 Å². The van der Waals surface area contributed by atoms with Crippen LogP contribution >= 0.6 is 0 Å². The molecule has 0 spiro atoms. The second kappa shape index (κ2) is 7.74. The van der Waals surface area contributed by atoms with E-state index in [4.69, 9.17) is 4.42 Å². The first-order chi connectivity index (χ1) is 10.2. The van der Waals surface area contributed by atoms with E-state index in [1.54, 1.807) is 24.3 Å².